The SMILES string of the molecule is CC(=O)N1c2ccc(S(=O)(=O)Oc3ccc(C)cc3)cc2CC1C. The van der Waals surface area contributed by atoms with Crippen molar-refractivity contribution < 1.29 is 17.4 Å². The number of amides is 1. The minimum absolute atomic E-state index is 0.0217. The largest absolute Gasteiger partial charge is 0.379 e. The van der Waals surface area contributed by atoms with Crippen LogP contribution < -0.4 is 9.08 Å². The number of anilines is 1. The maximum Gasteiger partial charge on any atom is 0.339 e. The highest BCUT2D eigenvalue weighted by Gasteiger charge is 2.30. The normalized spacial score (nSPS) is 16.8. The van der Waals surface area contributed by atoms with Crippen LogP contribution in [0.4, 0.5) is 5.69 Å². The number of fused-ring (bicyclic) bond motifs is 1. The lowest BCUT2D eigenvalue weighted by molar-refractivity contribution is -0.116. The lowest BCUT2D eigenvalue weighted by Gasteiger charge is -2.20. The molecule has 0 aromatic heterocycles. The molecular formula is C18H19NO4S. The minimum Gasteiger partial charge on any atom is -0.379 e. The van der Waals surface area contributed by atoms with E-state index in [4.69, 9.17) is 4.18 Å². The van der Waals surface area contributed by atoms with E-state index in [0.717, 1.165) is 16.8 Å². The zero-order chi connectivity index (χ0) is 17.5. The van der Waals surface area contributed by atoms with Gasteiger partial charge in [-0.15, -0.1) is 0 Å². The van der Waals surface area contributed by atoms with Crippen molar-refractivity contribution in [3.63, 3.8) is 0 Å². The molecule has 0 saturated heterocycles. The molecule has 1 heterocycles. The fourth-order valence-corrected chi connectivity index (χ4v) is 3.99. The molecule has 1 aliphatic rings. The van der Waals surface area contributed by atoms with Gasteiger partial charge in [0.1, 0.15) is 10.6 Å². The lowest BCUT2D eigenvalue weighted by atomic mass is 10.1. The van der Waals surface area contributed by atoms with Gasteiger partial charge >= 0.3 is 10.1 Å². The molecule has 1 amide bonds. The summed E-state index contributed by atoms with van der Waals surface area (Å²) in [5.41, 5.74) is 2.63. The minimum atomic E-state index is -3.91. The molecule has 0 radical (unpaired) electrons. The Labute approximate surface area is 142 Å². The van der Waals surface area contributed by atoms with E-state index in [1.54, 1.807) is 41.3 Å². The van der Waals surface area contributed by atoms with Crippen LogP contribution in [0.2, 0.25) is 0 Å². The summed E-state index contributed by atoms with van der Waals surface area (Å²) < 4.78 is 30.2. The average molecular weight is 345 g/mol. The van der Waals surface area contributed by atoms with Crippen molar-refractivity contribution in [2.24, 2.45) is 0 Å². The Kier molecular flexibility index (Phi) is 4.09. The number of hydrogen-bond acceptors (Lipinski definition) is 4. The van der Waals surface area contributed by atoms with E-state index in [0.29, 0.717) is 6.42 Å². The highest BCUT2D eigenvalue weighted by Crippen LogP contribution is 2.34. The van der Waals surface area contributed by atoms with Gasteiger partial charge in [0, 0.05) is 18.7 Å². The Hall–Kier alpha value is -2.34. The fraction of sp³-hybridized carbons (Fsp3) is 0.278. The van der Waals surface area contributed by atoms with Crippen LogP contribution in [-0.2, 0) is 21.3 Å². The van der Waals surface area contributed by atoms with Crippen LogP contribution in [0, 0.1) is 6.92 Å². The molecule has 1 aliphatic heterocycles. The zero-order valence-electron chi connectivity index (χ0n) is 13.8. The summed E-state index contributed by atoms with van der Waals surface area (Å²) >= 11 is 0. The van der Waals surface area contributed by atoms with Gasteiger partial charge in [-0.2, -0.15) is 8.42 Å². The van der Waals surface area contributed by atoms with Crippen LogP contribution in [0.1, 0.15) is 25.0 Å². The zero-order valence-corrected chi connectivity index (χ0v) is 14.6. The van der Waals surface area contributed by atoms with Gasteiger partial charge in [0.05, 0.1) is 0 Å². The summed E-state index contributed by atoms with van der Waals surface area (Å²) in [6, 6.07) is 11.6. The number of rotatable bonds is 3. The van der Waals surface area contributed by atoms with E-state index >= 15 is 0 Å². The Morgan fingerprint density at radius 3 is 2.46 bits per heavy atom. The predicted octanol–water partition coefficient (Wildman–Crippen LogP) is 3.06. The number of nitrogens with zero attached hydrogens (tertiary/aromatic N) is 1. The van der Waals surface area contributed by atoms with Crippen LogP contribution in [0.5, 0.6) is 5.75 Å². The summed E-state index contributed by atoms with van der Waals surface area (Å²) in [5, 5.41) is 0. The van der Waals surface area contributed by atoms with E-state index in [2.05, 4.69) is 0 Å². The first-order chi connectivity index (χ1) is 11.3. The highest BCUT2D eigenvalue weighted by molar-refractivity contribution is 7.87. The number of hydrogen-bond donors (Lipinski definition) is 0. The Morgan fingerprint density at radius 2 is 1.83 bits per heavy atom. The first-order valence-electron chi connectivity index (χ1n) is 7.72. The quantitative estimate of drug-likeness (QED) is 0.802. The predicted molar refractivity (Wildman–Crippen MR) is 91.8 cm³/mol. The molecule has 0 saturated carbocycles. The summed E-state index contributed by atoms with van der Waals surface area (Å²) in [4.78, 5) is 13.5. The first kappa shape index (κ1) is 16.5. The maximum atomic E-state index is 12.5. The van der Waals surface area contributed by atoms with Gasteiger partial charge in [0.15, 0.2) is 0 Å². The number of carbonyl (C=O) groups is 1. The fourth-order valence-electron chi connectivity index (χ4n) is 3.01. The monoisotopic (exact) mass is 345 g/mol. The van der Waals surface area contributed by atoms with Gasteiger partial charge in [-0.1, -0.05) is 17.7 Å². The molecule has 0 bridgehead atoms. The Bertz CT molecular complexity index is 888. The van der Waals surface area contributed by atoms with E-state index in [1.807, 2.05) is 13.8 Å². The molecule has 0 aliphatic carbocycles. The Morgan fingerprint density at radius 1 is 1.17 bits per heavy atom. The smallest absolute Gasteiger partial charge is 0.339 e. The molecule has 0 fully saturated rings. The van der Waals surface area contributed by atoms with Crippen molar-refractivity contribution in [1.82, 2.24) is 0 Å². The molecule has 3 rings (SSSR count). The first-order valence-corrected chi connectivity index (χ1v) is 9.12. The topological polar surface area (TPSA) is 63.7 Å². The van der Waals surface area contributed by atoms with Gasteiger partial charge in [-0.3, -0.25) is 4.79 Å². The second-order valence-corrected chi connectivity index (χ2v) is 7.63. The Balaban J connectivity index is 1.92. The maximum absolute atomic E-state index is 12.5. The summed E-state index contributed by atoms with van der Waals surface area (Å²) in [5.74, 6) is 0.229. The van der Waals surface area contributed by atoms with Crippen molar-refractivity contribution >= 4 is 21.7 Å². The summed E-state index contributed by atoms with van der Waals surface area (Å²) in [7, 11) is -3.91. The third kappa shape index (κ3) is 3.01. The summed E-state index contributed by atoms with van der Waals surface area (Å²) in [6.45, 7) is 5.37. The lowest BCUT2D eigenvalue weighted by Crippen LogP contribution is -2.33. The number of benzene rings is 2. The molecule has 0 spiro atoms. The van der Waals surface area contributed by atoms with E-state index in [1.165, 1.54) is 13.0 Å². The van der Waals surface area contributed by atoms with E-state index in [9.17, 15) is 13.2 Å². The van der Waals surface area contributed by atoms with Gasteiger partial charge in [0.2, 0.25) is 5.91 Å². The third-order valence-corrected chi connectivity index (χ3v) is 5.36. The molecule has 126 valence electrons. The van der Waals surface area contributed by atoms with Crippen molar-refractivity contribution in [1.29, 1.82) is 0 Å². The molecule has 24 heavy (non-hydrogen) atoms. The van der Waals surface area contributed by atoms with Crippen LogP contribution in [0.25, 0.3) is 0 Å². The van der Waals surface area contributed by atoms with Gasteiger partial charge < -0.3 is 9.08 Å². The molecule has 2 aromatic carbocycles. The average Bonchev–Trinajstić information content (AvgIpc) is 2.84. The second-order valence-electron chi connectivity index (χ2n) is 6.08. The van der Waals surface area contributed by atoms with Crippen LogP contribution in [-0.4, -0.2) is 20.4 Å². The van der Waals surface area contributed by atoms with E-state index in [-0.39, 0.29) is 22.6 Å². The van der Waals surface area contributed by atoms with Crippen molar-refractivity contribution in [2.45, 2.75) is 38.1 Å². The van der Waals surface area contributed by atoms with Gasteiger partial charge in [0.25, 0.3) is 0 Å². The second kappa shape index (κ2) is 5.94. The summed E-state index contributed by atoms with van der Waals surface area (Å²) in [6.07, 6.45) is 0.628. The van der Waals surface area contributed by atoms with Crippen LogP contribution >= 0.6 is 0 Å². The highest BCUT2D eigenvalue weighted by atomic mass is 32.2. The van der Waals surface area contributed by atoms with Gasteiger partial charge in [-0.05, 0) is 56.2 Å². The molecule has 1 atom stereocenters. The van der Waals surface area contributed by atoms with Crippen LogP contribution in [0.3, 0.4) is 0 Å². The number of aryl methyl sites for hydroxylation is 1. The molecule has 5 nitrogen and oxygen atoms in total. The van der Waals surface area contributed by atoms with Crippen molar-refractivity contribution in [3.05, 3.63) is 53.6 Å². The van der Waals surface area contributed by atoms with Crippen LogP contribution in [0.15, 0.2) is 47.4 Å². The molecule has 6 heteroatoms. The van der Waals surface area contributed by atoms with Gasteiger partial charge in [-0.25, -0.2) is 0 Å². The molecule has 2 aromatic rings. The van der Waals surface area contributed by atoms with E-state index < -0.39 is 10.1 Å². The van der Waals surface area contributed by atoms with Crippen molar-refractivity contribution in [3.8, 4) is 5.75 Å². The third-order valence-electron chi connectivity index (χ3n) is 4.12. The van der Waals surface area contributed by atoms with Crippen molar-refractivity contribution in [2.75, 3.05) is 4.90 Å². The molecule has 0 N–H and O–H groups in total. The standard InChI is InChI=1S/C18H19NO4S/c1-12-4-6-16(7-5-12)23-24(21,22)17-8-9-18-15(11-17)10-13(2)19(18)14(3)20/h4-9,11,13H,10H2,1-3H3. The molecular weight excluding hydrogens is 326 g/mol. The number of carbonyl (C=O) groups excluding carboxylic acids is 1. The molecule has 1 unspecified atom stereocenters.